The van der Waals surface area contributed by atoms with Crippen LogP contribution in [0.4, 0.5) is 0 Å². The fourth-order valence-electron chi connectivity index (χ4n) is 5.11. The third kappa shape index (κ3) is 3.61. The molecule has 4 aromatic carbocycles. The molecule has 0 amide bonds. The zero-order valence-electron chi connectivity index (χ0n) is 20.8. The van der Waals surface area contributed by atoms with E-state index in [1.54, 1.807) is 0 Å². The molecule has 0 N–H and O–H groups in total. The van der Waals surface area contributed by atoms with Crippen LogP contribution in [0, 0.1) is 13.8 Å². The van der Waals surface area contributed by atoms with Gasteiger partial charge in [-0.1, -0.05) is 78.9 Å². The van der Waals surface area contributed by atoms with Crippen LogP contribution < -0.4 is 4.57 Å². The number of rotatable bonds is 4. The van der Waals surface area contributed by atoms with E-state index in [0.717, 1.165) is 17.1 Å². The summed E-state index contributed by atoms with van der Waals surface area (Å²) in [6.45, 7) is 4.31. The Morgan fingerprint density at radius 1 is 0.639 bits per heavy atom. The first kappa shape index (κ1) is 22.0. The van der Waals surface area contributed by atoms with Crippen LogP contribution in [0.25, 0.3) is 50.4 Å². The van der Waals surface area contributed by atoms with Crippen molar-refractivity contribution in [1.29, 1.82) is 0 Å². The molecule has 0 atom stereocenters. The zero-order chi connectivity index (χ0) is 24.6. The smallest absolute Gasteiger partial charge is 0.263 e. The topological polar surface area (TPSA) is 21.7 Å². The molecule has 0 bridgehead atoms. The lowest BCUT2D eigenvalue weighted by atomic mass is 9.97. The van der Waals surface area contributed by atoms with Gasteiger partial charge in [-0.15, -0.1) is 0 Å². The summed E-state index contributed by atoms with van der Waals surface area (Å²) in [6, 6.07) is 36.7. The van der Waals surface area contributed by atoms with Gasteiger partial charge in [0.25, 0.3) is 5.82 Å². The van der Waals surface area contributed by atoms with Gasteiger partial charge in [0.15, 0.2) is 11.0 Å². The first-order valence-corrected chi connectivity index (χ1v) is 12.3. The van der Waals surface area contributed by atoms with Gasteiger partial charge < -0.3 is 0 Å². The lowest BCUT2D eigenvalue weighted by Crippen LogP contribution is -2.30. The van der Waals surface area contributed by atoms with Crippen LogP contribution in [0.5, 0.6) is 0 Å². The Labute approximate surface area is 212 Å². The molecule has 174 valence electrons. The average Bonchev–Trinajstić information content (AvgIpc) is 3.23. The predicted octanol–water partition coefficient (Wildman–Crippen LogP) is 7.47. The van der Waals surface area contributed by atoms with E-state index >= 15 is 0 Å². The summed E-state index contributed by atoms with van der Waals surface area (Å²) in [5.41, 5.74) is 11.9. The Morgan fingerprint density at radius 3 is 2.06 bits per heavy atom. The largest absolute Gasteiger partial charge is 0.296 e. The standard InChI is InChI=1S/C33H28N3/c1-23-21-34-22-29(24(23)2)33-35(3)31-16-10-11-17-32(31)36(33)30-19-18-27(25-12-6-4-7-13-25)20-28(30)26-14-8-5-9-15-26/h4-22H,1-3H3/q+1. The van der Waals surface area contributed by atoms with E-state index in [1.165, 1.54) is 44.4 Å². The number of imidazole rings is 1. The van der Waals surface area contributed by atoms with Crippen molar-refractivity contribution in [3.63, 3.8) is 0 Å². The Morgan fingerprint density at radius 2 is 1.31 bits per heavy atom. The second-order valence-electron chi connectivity index (χ2n) is 9.30. The fraction of sp³-hybridized carbons (Fsp3) is 0.0909. The SMILES string of the molecule is Cc1cncc(-c2n(-c3ccc(-c4ccccc4)cc3-c3ccccc3)c3ccccc3[n+]2C)c1C. The van der Waals surface area contributed by atoms with Crippen LogP contribution >= 0.6 is 0 Å². The number of hydrogen-bond donors (Lipinski definition) is 0. The van der Waals surface area contributed by atoms with E-state index in [1.807, 2.05) is 12.4 Å². The molecular formula is C33H28N3+. The molecule has 0 aliphatic carbocycles. The minimum Gasteiger partial charge on any atom is -0.263 e. The first-order chi connectivity index (χ1) is 17.6. The highest BCUT2D eigenvalue weighted by atomic mass is 15.2. The second kappa shape index (κ2) is 8.94. The number of aromatic nitrogens is 3. The van der Waals surface area contributed by atoms with Crippen LogP contribution in [-0.2, 0) is 7.05 Å². The molecule has 0 unspecified atom stereocenters. The minimum atomic E-state index is 1.12. The fourth-order valence-corrected chi connectivity index (χ4v) is 5.11. The van der Waals surface area contributed by atoms with Crippen LogP contribution in [0.2, 0.25) is 0 Å². The molecule has 2 aromatic heterocycles. The zero-order valence-corrected chi connectivity index (χ0v) is 20.8. The molecule has 6 aromatic rings. The third-order valence-electron chi connectivity index (χ3n) is 7.15. The molecule has 6 rings (SSSR count). The number of pyridine rings is 1. The van der Waals surface area contributed by atoms with Crippen molar-refractivity contribution in [3.8, 4) is 39.3 Å². The number of para-hydroxylation sites is 2. The molecule has 0 radical (unpaired) electrons. The highest BCUT2D eigenvalue weighted by Gasteiger charge is 2.29. The van der Waals surface area contributed by atoms with Crippen molar-refractivity contribution >= 4 is 11.0 Å². The van der Waals surface area contributed by atoms with Gasteiger partial charge in [0, 0.05) is 18.0 Å². The molecule has 0 aliphatic rings. The van der Waals surface area contributed by atoms with Crippen molar-refractivity contribution in [2.24, 2.45) is 7.05 Å². The van der Waals surface area contributed by atoms with Crippen molar-refractivity contribution in [3.05, 3.63) is 127 Å². The molecule has 36 heavy (non-hydrogen) atoms. The monoisotopic (exact) mass is 466 g/mol. The lowest BCUT2D eigenvalue weighted by molar-refractivity contribution is -0.633. The molecule has 2 heterocycles. The molecule has 3 nitrogen and oxygen atoms in total. The Balaban J connectivity index is 1.71. The van der Waals surface area contributed by atoms with Crippen molar-refractivity contribution < 1.29 is 4.57 Å². The highest BCUT2D eigenvalue weighted by Crippen LogP contribution is 2.36. The third-order valence-corrected chi connectivity index (χ3v) is 7.15. The number of fused-ring (bicyclic) bond motifs is 1. The van der Waals surface area contributed by atoms with Gasteiger partial charge in [-0.05, 0) is 65.9 Å². The van der Waals surface area contributed by atoms with Crippen LogP contribution in [0.3, 0.4) is 0 Å². The summed E-state index contributed by atoms with van der Waals surface area (Å²) >= 11 is 0. The number of nitrogens with zero attached hydrogens (tertiary/aromatic N) is 3. The quantitative estimate of drug-likeness (QED) is 0.247. The van der Waals surface area contributed by atoms with E-state index in [0.29, 0.717) is 0 Å². The number of hydrogen-bond acceptors (Lipinski definition) is 1. The van der Waals surface area contributed by atoms with Gasteiger partial charge >= 0.3 is 0 Å². The van der Waals surface area contributed by atoms with Crippen molar-refractivity contribution in [2.75, 3.05) is 0 Å². The van der Waals surface area contributed by atoms with Gasteiger partial charge in [-0.25, -0.2) is 4.57 Å². The van der Waals surface area contributed by atoms with Crippen LogP contribution in [-0.4, -0.2) is 9.55 Å². The Hall–Kier alpha value is -4.50. The molecular weight excluding hydrogens is 438 g/mol. The molecule has 0 saturated carbocycles. The lowest BCUT2D eigenvalue weighted by Gasteiger charge is -2.13. The van der Waals surface area contributed by atoms with Gasteiger partial charge in [-0.3, -0.25) is 4.98 Å². The van der Waals surface area contributed by atoms with Crippen molar-refractivity contribution in [1.82, 2.24) is 9.55 Å². The minimum absolute atomic E-state index is 1.12. The number of aryl methyl sites for hydroxylation is 2. The summed E-state index contributed by atoms with van der Waals surface area (Å²) in [4.78, 5) is 4.58. The highest BCUT2D eigenvalue weighted by molar-refractivity contribution is 5.86. The maximum Gasteiger partial charge on any atom is 0.296 e. The van der Waals surface area contributed by atoms with E-state index in [9.17, 15) is 0 Å². The van der Waals surface area contributed by atoms with Gasteiger partial charge in [0.05, 0.1) is 12.6 Å². The van der Waals surface area contributed by atoms with Crippen molar-refractivity contribution in [2.45, 2.75) is 13.8 Å². The van der Waals surface area contributed by atoms with E-state index in [4.69, 9.17) is 0 Å². The van der Waals surface area contributed by atoms with Gasteiger partial charge in [0.1, 0.15) is 5.69 Å². The van der Waals surface area contributed by atoms with Gasteiger partial charge in [-0.2, -0.15) is 4.57 Å². The van der Waals surface area contributed by atoms with E-state index < -0.39 is 0 Å². The molecule has 0 aliphatic heterocycles. The molecule has 3 heteroatoms. The summed E-state index contributed by atoms with van der Waals surface area (Å²) in [5, 5.41) is 0. The number of benzene rings is 4. The average molecular weight is 467 g/mol. The van der Waals surface area contributed by atoms with E-state index in [-0.39, 0.29) is 0 Å². The van der Waals surface area contributed by atoms with Gasteiger partial charge in [0.2, 0.25) is 0 Å². The summed E-state index contributed by atoms with van der Waals surface area (Å²) in [5.74, 6) is 1.12. The molecule has 0 saturated heterocycles. The Bertz CT molecular complexity index is 1700. The maximum absolute atomic E-state index is 4.58. The summed E-state index contributed by atoms with van der Waals surface area (Å²) in [6.07, 6.45) is 3.93. The van der Waals surface area contributed by atoms with E-state index in [2.05, 4.69) is 138 Å². The summed E-state index contributed by atoms with van der Waals surface area (Å²) < 4.78 is 4.69. The maximum atomic E-state index is 4.58. The summed E-state index contributed by atoms with van der Waals surface area (Å²) in [7, 11) is 2.15. The normalized spacial score (nSPS) is 11.2. The van der Waals surface area contributed by atoms with Crippen LogP contribution in [0.15, 0.2) is 116 Å². The Kier molecular flexibility index (Phi) is 5.46. The first-order valence-electron chi connectivity index (χ1n) is 12.3. The molecule has 0 fully saturated rings. The van der Waals surface area contributed by atoms with Crippen LogP contribution in [0.1, 0.15) is 11.1 Å². The predicted molar refractivity (Wildman–Crippen MR) is 148 cm³/mol. The molecule has 0 spiro atoms. The second-order valence-corrected chi connectivity index (χ2v) is 9.30.